The predicted octanol–water partition coefficient (Wildman–Crippen LogP) is 1.61. The van der Waals surface area contributed by atoms with E-state index in [4.69, 9.17) is 27.2 Å². The van der Waals surface area contributed by atoms with E-state index in [1.165, 1.54) is 12.2 Å². The minimum absolute atomic E-state index is 0.0881. The van der Waals surface area contributed by atoms with Crippen molar-refractivity contribution in [1.29, 1.82) is 10.8 Å². The summed E-state index contributed by atoms with van der Waals surface area (Å²) in [6.07, 6.45) is 5.99. The van der Waals surface area contributed by atoms with Gasteiger partial charge < -0.3 is 14.5 Å². The first-order chi connectivity index (χ1) is 11.4. The van der Waals surface area contributed by atoms with Crippen LogP contribution < -0.4 is 0 Å². The molecule has 8 heteroatoms. The number of amides is 2. The molecule has 0 aromatic heterocycles. The maximum absolute atomic E-state index is 12.1. The van der Waals surface area contributed by atoms with Crippen molar-refractivity contribution < 1.29 is 14.3 Å². The Bertz CT molecular complexity index is 552. The molecule has 1 heterocycles. The lowest BCUT2D eigenvalue weighted by Crippen LogP contribution is -2.48. The first kappa shape index (κ1) is 18.4. The van der Waals surface area contributed by atoms with E-state index >= 15 is 0 Å². The smallest absolute Gasteiger partial charge is 0.260 e. The monoisotopic (exact) mass is 354 g/mol. The average molecular weight is 355 g/mol. The minimum atomic E-state index is -0.226. The zero-order valence-electron chi connectivity index (χ0n) is 13.8. The van der Waals surface area contributed by atoms with E-state index in [2.05, 4.69) is 0 Å². The number of hydrogen-bond acceptors (Lipinski definition) is 5. The van der Waals surface area contributed by atoms with Crippen molar-refractivity contribution >= 4 is 34.5 Å². The van der Waals surface area contributed by atoms with Crippen LogP contribution in [0.25, 0.3) is 0 Å². The highest BCUT2D eigenvalue weighted by molar-refractivity contribution is 6.67. The van der Waals surface area contributed by atoms with E-state index in [0.29, 0.717) is 13.1 Å². The quantitative estimate of drug-likeness (QED) is 0.560. The molecule has 0 aromatic carbocycles. The molecule has 1 aliphatic heterocycles. The van der Waals surface area contributed by atoms with Crippen LogP contribution in [0.1, 0.15) is 25.7 Å². The lowest BCUT2D eigenvalue weighted by molar-refractivity contribution is -0.137. The number of carbonyl (C=O) groups excluding carboxylic acids is 2. The maximum atomic E-state index is 12.1. The van der Waals surface area contributed by atoms with E-state index < -0.39 is 0 Å². The van der Waals surface area contributed by atoms with Gasteiger partial charge in [-0.3, -0.25) is 20.4 Å². The first-order valence-electron chi connectivity index (χ1n) is 8.06. The zero-order chi connectivity index (χ0) is 17.7. The highest BCUT2D eigenvalue weighted by Gasteiger charge is 2.35. The largest absolute Gasteiger partial charge is 0.468 e. The van der Waals surface area contributed by atoms with Gasteiger partial charge in [0.05, 0.1) is 0 Å². The molecule has 0 radical (unpaired) electrons. The summed E-state index contributed by atoms with van der Waals surface area (Å²) in [7, 11) is 1.72. The number of carbonyl (C=O) groups is 2. The summed E-state index contributed by atoms with van der Waals surface area (Å²) in [4.78, 5) is 27.7. The molecule has 0 bridgehead atoms. The first-order valence-corrected chi connectivity index (χ1v) is 8.44. The third-order valence-electron chi connectivity index (χ3n) is 4.38. The van der Waals surface area contributed by atoms with Crippen LogP contribution in [-0.2, 0) is 14.3 Å². The minimum Gasteiger partial charge on any atom is -0.468 e. The number of allylic oxidation sites excluding steroid dienone is 1. The highest BCUT2D eigenvalue weighted by Crippen LogP contribution is 2.32. The van der Waals surface area contributed by atoms with Gasteiger partial charge in [0.2, 0.25) is 11.8 Å². The Hall–Kier alpha value is -1.89. The van der Waals surface area contributed by atoms with Crippen LogP contribution in [0.4, 0.5) is 0 Å². The SMILES string of the molecule is CN(C(=O)COC(=N)/C=C\C(=N)Cl)C1CCN(C(=O)C2CC2)CC1. The van der Waals surface area contributed by atoms with Crippen molar-refractivity contribution in [2.75, 3.05) is 26.7 Å². The van der Waals surface area contributed by atoms with Crippen LogP contribution >= 0.6 is 11.6 Å². The molecule has 1 aliphatic carbocycles. The van der Waals surface area contributed by atoms with Gasteiger partial charge in [-0.1, -0.05) is 11.6 Å². The Kier molecular flexibility index (Phi) is 6.36. The standard InChI is InChI=1S/C16H23ClN4O3/c1-20(15(22)10-24-14(19)5-4-13(17)18)12-6-8-21(9-7-12)16(23)11-2-3-11/h4-5,11-12,18-19H,2-3,6-10H2,1H3/b5-4-,18-13?,19-14?. The lowest BCUT2D eigenvalue weighted by Gasteiger charge is -2.36. The van der Waals surface area contributed by atoms with Crippen molar-refractivity contribution in [1.82, 2.24) is 9.80 Å². The predicted molar refractivity (Wildman–Crippen MR) is 91.5 cm³/mol. The second-order valence-corrected chi connectivity index (χ2v) is 6.58. The Morgan fingerprint density at radius 2 is 1.83 bits per heavy atom. The summed E-state index contributed by atoms with van der Waals surface area (Å²) in [5.41, 5.74) is 0. The van der Waals surface area contributed by atoms with Crippen LogP contribution in [0, 0.1) is 16.7 Å². The lowest BCUT2D eigenvalue weighted by atomic mass is 10.0. The summed E-state index contributed by atoms with van der Waals surface area (Å²) in [6.45, 7) is 1.15. The summed E-state index contributed by atoms with van der Waals surface area (Å²) < 4.78 is 5.05. The van der Waals surface area contributed by atoms with Gasteiger partial charge in [-0.05, 0) is 31.8 Å². The molecule has 7 nitrogen and oxygen atoms in total. The van der Waals surface area contributed by atoms with Gasteiger partial charge >= 0.3 is 0 Å². The molecule has 2 amide bonds. The topological polar surface area (TPSA) is 97.6 Å². The van der Waals surface area contributed by atoms with Gasteiger partial charge in [0.15, 0.2) is 6.61 Å². The van der Waals surface area contributed by atoms with Gasteiger partial charge in [0.25, 0.3) is 5.91 Å². The van der Waals surface area contributed by atoms with Gasteiger partial charge in [0, 0.05) is 38.2 Å². The highest BCUT2D eigenvalue weighted by atomic mass is 35.5. The number of rotatable bonds is 6. The fourth-order valence-electron chi connectivity index (χ4n) is 2.70. The molecule has 0 spiro atoms. The van der Waals surface area contributed by atoms with Crippen molar-refractivity contribution in [3.63, 3.8) is 0 Å². The van der Waals surface area contributed by atoms with E-state index in [0.717, 1.165) is 25.7 Å². The van der Waals surface area contributed by atoms with Crippen LogP contribution in [0.5, 0.6) is 0 Å². The molecule has 2 fully saturated rings. The number of nitrogens with zero attached hydrogens (tertiary/aromatic N) is 2. The third-order valence-corrected chi connectivity index (χ3v) is 4.50. The van der Waals surface area contributed by atoms with E-state index in [9.17, 15) is 9.59 Å². The summed E-state index contributed by atoms with van der Waals surface area (Å²) in [5, 5.41) is 14.3. The molecule has 2 aliphatic rings. The second-order valence-electron chi connectivity index (χ2n) is 6.17. The molecule has 1 saturated heterocycles. The molecular formula is C16H23ClN4O3. The number of nitrogens with one attached hydrogen (secondary N) is 2. The number of likely N-dealkylation sites (tertiary alicyclic amines) is 1. The maximum Gasteiger partial charge on any atom is 0.260 e. The molecule has 132 valence electrons. The number of ether oxygens (including phenoxy) is 1. The average Bonchev–Trinajstić information content (AvgIpc) is 3.41. The van der Waals surface area contributed by atoms with Crippen LogP contribution in [0.2, 0.25) is 0 Å². The zero-order valence-corrected chi connectivity index (χ0v) is 14.5. The molecular weight excluding hydrogens is 332 g/mol. The van der Waals surface area contributed by atoms with Crippen molar-refractivity contribution in [2.45, 2.75) is 31.7 Å². The molecule has 24 heavy (non-hydrogen) atoms. The Labute approximate surface area is 146 Å². The van der Waals surface area contributed by atoms with E-state index in [1.54, 1.807) is 11.9 Å². The van der Waals surface area contributed by atoms with Crippen LogP contribution in [0.15, 0.2) is 12.2 Å². The van der Waals surface area contributed by atoms with Crippen molar-refractivity contribution in [3.8, 4) is 0 Å². The Balaban J connectivity index is 1.72. The molecule has 2 N–H and O–H groups in total. The number of halogens is 1. The fourth-order valence-corrected chi connectivity index (χ4v) is 2.77. The summed E-state index contributed by atoms with van der Waals surface area (Å²) in [6, 6.07) is 0.0881. The van der Waals surface area contributed by atoms with Gasteiger partial charge in [-0.25, -0.2) is 0 Å². The molecule has 1 saturated carbocycles. The van der Waals surface area contributed by atoms with Gasteiger partial charge in [0.1, 0.15) is 5.17 Å². The Morgan fingerprint density at radius 3 is 2.38 bits per heavy atom. The normalized spacial score (nSPS) is 18.5. The Morgan fingerprint density at radius 1 is 1.21 bits per heavy atom. The van der Waals surface area contributed by atoms with Gasteiger partial charge in [-0.2, -0.15) is 0 Å². The van der Waals surface area contributed by atoms with Gasteiger partial charge in [-0.15, -0.1) is 0 Å². The van der Waals surface area contributed by atoms with Crippen molar-refractivity contribution in [3.05, 3.63) is 12.2 Å². The fraction of sp³-hybridized carbons (Fsp3) is 0.625. The molecule has 2 rings (SSSR count). The summed E-state index contributed by atoms with van der Waals surface area (Å²) >= 11 is 5.34. The van der Waals surface area contributed by atoms with Crippen LogP contribution in [-0.4, -0.2) is 65.5 Å². The molecule has 0 unspecified atom stereocenters. The second kappa shape index (κ2) is 8.28. The van der Waals surface area contributed by atoms with E-state index in [1.807, 2.05) is 4.90 Å². The molecule has 0 atom stereocenters. The van der Waals surface area contributed by atoms with Crippen molar-refractivity contribution in [2.24, 2.45) is 5.92 Å². The summed E-state index contributed by atoms with van der Waals surface area (Å²) in [5.74, 6) is 0.0757. The molecule has 0 aromatic rings. The number of piperidine rings is 1. The van der Waals surface area contributed by atoms with Crippen LogP contribution in [0.3, 0.4) is 0 Å². The number of hydrogen-bond donors (Lipinski definition) is 2. The van der Waals surface area contributed by atoms with E-state index in [-0.39, 0.29) is 41.4 Å². The number of likely N-dealkylation sites (N-methyl/N-ethyl adjacent to an activating group) is 1. The third kappa shape index (κ3) is 5.33.